The maximum Gasteiger partial charge on any atom is 0.133 e. The van der Waals surface area contributed by atoms with Crippen molar-refractivity contribution in [1.29, 1.82) is 0 Å². The zero-order valence-electron chi connectivity index (χ0n) is 10.8. The van der Waals surface area contributed by atoms with Crippen molar-refractivity contribution < 1.29 is 4.74 Å². The van der Waals surface area contributed by atoms with Gasteiger partial charge in [-0.05, 0) is 52.2 Å². The molecule has 0 bridgehead atoms. The van der Waals surface area contributed by atoms with Crippen molar-refractivity contribution in [2.75, 3.05) is 6.61 Å². The molecule has 2 N–H and O–H groups in total. The predicted molar refractivity (Wildman–Crippen MR) is 90.0 cm³/mol. The lowest BCUT2D eigenvalue weighted by Crippen LogP contribution is -2.30. The lowest BCUT2D eigenvalue weighted by Gasteiger charge is -2.14. The highest BCUT2D eigenvalue weighted by Crippen LogP contribution is 2.23. The van der Waals surface area contributed by atoms with Gasteiger partial charge in [-0.25, -0.2) is 0 Å². The Labute approximate surface area is 138 Å². The molecule has 2 rings (SSSR count). The van der Waals surface area contributed by atoms with Crippen molar-refractivity contribution in [3.8, 4) is 5.75 Å². The van der Waals surface area contributed by atoms with Gasteiger partial charge in [-0.15, -0.1) is 12.4 Å². The monoisotopic (exact) mass is 375 g/mol. The average molecular weight is 377 g/mol. The van der Waals surface area contributed by atoms with Gasteiger partial charge in [0.15, 0.2) is 0 Å². The van der Waals surface area contributed by atoms with Crippen molar-refractivity contribution in [2.45, 2.75) is 12.5 Å². The molecule has 108 valence electrons. The lowest BCUT2D eigenvalue weighted by atomic mass is 10.1. The van der Waals surface area contributed by atoms with Gasteiger partial charge in [0.2, 0.25) is 0 Å². The molecule has 0 aliphatic heterocycles. The summed E-state index contributed by atoms with van der Waals surface area (Å²) in [6.07, 6.45) is 0.765. The van der Waals surface area contributed by atoms with Gasteiger partial charge in [-0.2, -0.15) is 0 Å². The second kappa shape index (κ2) is 8.53. The number of halogens is 3. The molecule has 0 aromatic heterocycles. The van der Waals surface area contributed by atoms with E-state index >= 15 is 0 Å². The third-order valence-corrected chi connectivity index (χ3v) is 3.61. The van der Waals surface area contributed by atoms with Gasteiger partial charge in [0.1, 0.15) is 12.4 Å². The molecule has 1 unspecified atom stereocenters. The first-order chi connectivity index (χ1) is 9.15. The van der Waals surface area contributed by atoms with Gasteiger partial charge in [0.05, 0.1) is 4.47 Å². The Morgan fingerprint density at radius 3 is 2.40 bits per heavy atom. The fraction of sp³-hybridized carbons (Fsp3) is 0.200. The molecule has 20 heavy (non-hydrogen) atoms. The van der Waals surface area contributed by atoms with Crippen LogP contribution in [0.5, 0.6) is 5.75 Å². The smallest absolute Gasteiger partial charge is 0.133 e. The summed E-state index contributed by atoms with van der Waals surface area (Å²) in [6, 6.07) is 15.4. The molecule has 1 atom stereocenters. The summed E-state index contributed by atoms with van der Waals surface area (Å²) in [5.74, 6) is 0.814. The van der Waals surface area contributed by atoms with Gasteiger partial charge in [-0.3, -0.25) is 0 Å². The first kappa shape index (κ1) is 17.3. The molecular weight excluding hydrogens is 361 g/mol. The summed E-state index contributed by atoms with van der Waals surface area (Å²) < 4.78 is 6.64. The Morgan fingerprint density at radius 2 is 1.75 bits per heavy atom. The number of hydrogen-bond donors (Lipinski definition) is 1. The van der Waals surface area contributed by atoms with Gasteiger partial charge in [0, 0.05) is 11.1 Å². The third kappa shape index (κ3) is 5.33. The van der Waals surface area contributed by atoms with E-state index in [0.717, 1.165) is 27.2 Å². The standard InChI is InChI=1S/C15H15BrClNO.ClH/c16-14-3-1-2-4-15(14)19-10-13(18)9-11-5-7-12(17)8-6-11;/h1-8,13H,9-10,18H2;1H. The lowest BCUT2D eigenvalue weighted by molar-refractivity contribution is 0.286. The Kier molecular flexibility index (Phi) is 7.38. The Bertz CT molecular complexity index is 534. The molecule has 2 nitrogen and oxygen atoms in total. The molecule has 0 saturated carbocycles. The van der Waals surface area contributed by atoms with Crippen LogP contribution in [0.3, 0.4) is 0 Å². The van der Waals surface area contributed by atoms with Crippen LogP contribution in [-0.4, -0.2) is 12.6 Å². The summed E-state index contributed by atoms with van der Waals surface area (Å²) in [6.45, 7) is 0.477. The molecule has 2 aromatic rings. The quantitative estimate of drug-likeness (QED) is 0.835. The molecule has 0 aliphatic carbocycles. The van der Waals surface area contributed by atoms with E-state index in [-0.39, 0.29) is 18.4 Å². The van der Waals surface area contributed by atoms with Crippen LogP contribution >= 0.6 is 39.9 Å². The summed E-state index contributed by atoms with van der Waals surface area (Å²) >= 11 is 9.29. The number of benzene rings is 2. The molecule has 2 aromatic carbocycles. The molecular formula is C15H16BrCl2NO. The van der Waals surface area contributed by atoms with Crippen LogP contribution in [0.2, 0.25) is 5.02 Å². The van der Waals surface area contributed by atoms with Crippen molar-refractivity contribution in [2.24, 2.45) is 5.73 Å². The van der Waals surface area contributed by atoms with Gasteiger partial charge in [0.25, 0.3) is 0 Å². The van der Waals surface area contributed by atoms with Crippen LogP contribution in [0, 0.1) is 0 Å². The van der Waals surface area contributed by atoms with Crippen molar-refractivity contribution in [1.82, 2.24) is 0 Å². The highest BCUT2D eigenvalue weighted by atomic mass is 79.9. The van der Waals surface area contributed by atoms with Crippen LogP contribution in [0.15, 0.2) is 53.0 Å². The fourth-order valence-corrected chi connectivity index (χ4v) is 2.27. The van der Waals surface area contributed by atoms with E-state index in [1.807, 2.05) is 48.5 Å². The van der Waals surface area contributed by atoms with Gasteiger partial charge < -0.3 is 10.5 Å². The molecule has 0 heterocycles. The highest BCUT2D eigenvalue weighted by molar-refractivity contribution is 9.10. The second-order valence-electron chi connectivity index (χ2n) is 4.33. The highest BCUT2D eigenvalue weighted by Gasteiger charge is 2.07. The van der Waals surface area contributed by atoms with Crippen LogP contribution in [0.1, 0.15) is 5.56 Å². The number of nitrogens with two attached hydrogens (primary N) is 1. The summed E-state index contributed by atoms with van der Waals surface area (Å²) in [5.41, 5.74) is 7.23. The third-order valence-electron chi connectivity index (χ3n) is 2.70. The van der Waals surface area contributed by atoms with Crippen molar-refractivity contribution in [3.63, 3.8) is 0 Å². The second-order valence-corrected chi connectivity index (χ2v) is 5.62. The molecule has 0 radical (unpaired) electrons. The molecule has 0 aliphatic rings. The average Bonchev–Trinajstić information content (AvgIpc) is 2.40. The Morgan fingerprint density at radius 1 is 1.10 bits per heavy atom. The number of rotatable bonds is 5. The zero-order chi connectivity index (χ0) is 13.7. The van der Waals surface area contributed by atoms with Crippen LogP contribution < -0.4 is 10.5 Å². The van der Waals surface area contributed by atoms with Gasteiger partial charge in [-0.1, -0.05) is 35.9 Å². The minimum absolute atomic E-state index is 0. The summed E-state index contributed by atoms with van der Waals surface area (Å²) in [7, 11) is 0. The summed E-state index contributed by atoms with van der Waals surface area (Å²) in [5, 5.41) is 0.738. The Hall–Kier alpha value is -0.740. The van der Waals surface area contributed by atoms with E-state index in [9.17, 15) is 0 Å². The molecule has 0 fully saturated rings. The van der Waals surface area contributed by atoms with Crippen molar-refractivity contribution in [3.05, 3.63) is 63.6 Å². The number of hydrogen-bond acceptors (Lipinski definition) is 2. The largest absolute Gasteiger partial charge is 0.491 e. The van der Waals surface area contributed by atoms with Gasteiger partial charge >= 0.3 is 0 Å². The van der Waals surface area contributed by atoms with Crippen LogP contribution in [0.4, 0.5) is 0 Å². The zero-order valence-corrected chi connectivity index (χ0v) is 13.9. The molecule has 5 heteroatoms. The van der Waals surface area contributed by atoms with E-state index in [0.29, 0.717) is 6.61 Å². The van der Waals surface area contributed by atoms with Crippen LogP contribution in [-0.2, 0) is 6.42 Å². The molecule has 0 saturated heterocycles. The van der Waals surface area contributed by atoms with E-state index in [1.54, 1.807) is 0 Å². The first-order valence-electron chi connectivity index (χ1n) is 6.02. The molecule has 0 spiro atoms. The SMILES string of the molecule is Cl.NC(COc1ccccc1Br)Cc1ccc(Cl)cc1. The van der Waals surface area contributed by atoms with E-state index in [2.05, 4.69) is 15.9 Å². The Balaban J connectivity index is 0.00000200. The maximum absolute atomic E-state index is 6.07. The predicted octanol–water partition coefficient (Wildman–Crippen LogP) is 4.47. The minimum Gasteiger partial charge on any atom is -0.491 e. The van der Waals surface area contributed by atoms with E-state index in [4.69, 9.17) is 22.1 Å². The number of ether oxygens (including phenoxy) is 1. The molecule has 0 amide bonds. The topological polar surface area (TPSA) is 35.2 Å². The maximum atomic E-state index is 6.07. The van der Waals surface area contributed by atoms with Crippen LogP contribution in [0.25, 0.3) is 0 Å². The number of para-hydroxylation sites is 1. The summed E-state index contributed by atoms with van der Waals surface area (Å²) in [4.78, 5) is 0. The van der Waals surface area contributed by atoms with Crippen molar-refractivity contribution >= 4 is 39.9 Å². The normalized spacial score (nSPS) is 11.6. The first-order valence-corrected chi connectivity index (χ1v) is 7.19. The van der Waals surface area contributed by atoms with E-state index < -0.39 is 0 Å². The fourth-order valence-electron chi connectivity index (χ4n) is 1.74. The minimum atomic E-state index is -0.0479. The van der Waals surface area contributed by atoms with E-state index in [1.165, 1.54) is 0 Å².